The van der Waals surface area contributed by atoms with Crippen molar-refractivity contribution in [2.24, 2.45) is 11.8 Å². The maximum absolute atomic E-state index is 12.0. The van der Waals surface area contributed by atoms with Gasteiger partial charge >= 0.3 is 0 Å². The Morgan fingerprint density at radius 1 is 1.40 bits per heavy atom. The molecule has 2 atom stereocenters. The number of nitrogens with zero attached hydrogens (tertiary/aromatic N) is 2. The van der Waals surface area contributed by atoms with E-state index >= 15 is 0 Å². The number of anilines is 1. The van der Waals surface area contributed by atoms with Crippen molar-refractivity contribution in [3.63, 3.8) is 0 Å². The van der Waals surface area contributed by atoms with Crippen LogP contribution in [0.3, 0.4) is 0 Å². The molecule has 5 nitrogen and oxygen atoms in total. The van der Waals surface area contributed by atoms with Gasteiger partial charge in [0.05, 0.1) is 5.69 Å². The summed E-state index contributed by atoms with van der Waals surface area (Å²) >= 11 is 0. The number of nitrogens with two attached hydrogens (primary N) is 1. The van der Waals surface area contributed by atoms with Crippen LogP contribution >= 0.6 is 0 Å². The van der Waals surface area contributed by atoms with Gasteiger partial charge in [0.15, 0.2) is 5.69 Å². The van der Waals surface area contributed by atoms with E-state index in [0.717, 1.165) is 18.2 Å². The Bertz CT molecular complexity index is 617. The van der Waals surface area contributed by atoms with Gasteiger partial charge in [-0.1, -0.05) is 6.92 Å². The van der Waals surface area contributed by atoms with Gasteiger partial charge in [0.2, 0.25) is 0 Å². The van der Waals surface area contributed by atoms with Crippen LogP contribution in [-0.4, -0.2) is 22.2 Å². The average Bonchev–Trinajstić information content (AvgIpc) is 2.94. The molecule has 0 aliphatic heterocycles. The molecule has 2 aromatic rings. The molecule has 20 heavy (non-hydrogen) atoms. The quantitative estimate of drug-likeness (QED) is 0.833. The van der Waals surface area contributed by atoms with Gasteiger partial charge in [0.1, 0.15) is 0 Å². The molecule has 3 N–H and O–H groups in total. The van der Waals surface area contributed by atoms with Crippen molar-refractivity contribution >= 4 is 11.6 Å². The van der Waals surface area contributed by atoms with E-state index in [-0.39, 0.29) is 5.91 Å². The lowest BCUT2D eigenvalue weighted by Crippen LogP contribution is -2.26. The van der Waals surface area contributed by atoms with Crippen molar-refractivity contribution in [3.05, 3.63) is 42.2 Å². The van der Waals surface area contributed by atoms with Crippen molar-refractivity contribution in [1.82, 2.24) is 15.1 Å². The fourth-order valence-electron chi connectivity index (χ4n) is 2.21. The summed E-state index contributed by atoms with van der Waals surface area (Å²) < 4.78 is 1.67. The van der Waals surface area contributed by atoms with Gasteiger partial charge in [-0.15, -0.1) is 0 Å². The van der Waals surface area contributed by atoms with Gasteiger partial charge in [0.25, 0.3) is 5.91 Å². The van der Waals surface area contributed by atoms with E-state index < -0.39 is 0 Å². The number of nitrogens with one attached hydrogen (secondary N) is 1. The SMILES string of the molecule is CC1CC1CNC(=O)c1ccn(-c2ccc(N)cc2)n1. The third kappa shape index (κ3) is 2.66. The summed E-state index contributed by atoms with van der Waals surface area (Å²) in [7, 11) is 0. The summed E-state index contributed by atoms with van der Waals surface area (Å²) in [6, 6.07) is 9.09. The van der Waals surface area contributed by atoms with Crippen LogP contribution in [0.1, 0.15) is 23.8 Å². The topological polar surface area (TPSA) is 72.9 Å². The Labute approximate surface area is 117 Å². The summed E-state index contributed by atoms with van der Waals surface area (Å²) in [4.78, 5) is 12.0. The lowest BCUT2D eigenvalue weighted by atomic mass is 10.3. The lowest BCUT2D eigenvalue weighted by molar-refractivity contribution is 0.0946. The van der Waals surface area contributed by atoms with Crippen molar-refractivity contribution in [2.75, 3.05) is 12.3 Å². The largest absolute Gasteiger partial charge is 0.399 e. The first-order valence-corrected chi connectivity index (χ1v) is 6.83. The van der Waals surface area contributed by atoms with Crippen LogP contribution in [-0.2, 0) is 0 Å². The number of nitrogen functional groups attached to an aromatic ring is 1. The van der Waals surface area contributed by atoms with Gasteiger partial charge < -0.3 is 11.1 Å². The van der Waals surface area contributed by atoms with E-state index in [9.17, 15) is 4.79 Å². The van der Waals surface area contributed by atoms with E-state index in [2.05, 4.69) is 17.3 Å². The van der Waals surface area contributed by atoms with Crippen LogP contribution in [0.15, 0.2) is 36.5 Å². The summed E-state index contributed by atoms with van der Waals surface area (Å²) in [5, 5.41) is 7.22. The lowest BCUT2D eigenvalue weighted by Gasteiger charge is -2.03. The van der Waals surface area contributed by atoms with Crippen LogP contribution in [0.4, 0.5) is 5.69 Å². The van der Waals surface area contributed by atoms with Crippen LogP contribution < -0.4 is 11.1 Å². The summed E-state index contributed by atoms with van der Waals surface area (Å²) in [5.41, 5.74) is 7.68. The van der Waals surface area contributed by atoms with E-state index in [1.54, 1.807) is 16.9 Å². The smallest absolute Gasteiger partial charge is 0.271 e. The molecule has 3 rings (SSSR count). The second-order valence-corrected chi connectivity index (χ2v) is 5.42. The molecule has 1 fully saturated rings. The molecule has 2 unspecified atom stereocenters. The van der Waals surface area contributed by atoms with Gasteiger partial charge in [-0.3, -0.25) is 4.79 Å². The highest BCUT2D eigenvalue weighted by atomic mass is 16.1. The monoisotopic (exact) mass is 270 g/mol. The molecule has 1 aromatic carbocycles. The van der Waals surface area contributed by atoms with Gasteiger partial charge in [-0.25, -0.2) is 4.68 Å². The summed E-state index contributed by atoms with van der Waals surface area (Å²) in [6.45, 7) is 2.95. The van der Waals surface area contributed by atoms with Gasteiger partial charge in [0, 0.05) is 18.4 Å². The normalized spacial score (nSPS) is 20.6. The number of hydrogen-bond acceptors (Lipinski definition) is 3. The minimum Gasteiger partial charge on any atom is -0.399 e. The Morgan fingerprint density at radius 2 is 2.10 bits per heavy atom. The maximum Gasteiger partial charge on any atom is 0.271 e. The van der Waals surface area contributed by atoms with E-state index in [0.29, 0.717) is 17.3 Å². The maximum atomic E-state index is 12.0. The molecule has 1 heterocycles. The number of amides is 1. The molecule has 1 aromatic heterocycles. The molecule has 1 aliphatic carbocycles. The van der Waals surface area contributed by atoms with Crippen molar-refractivity contribution in [1.29, 1.82) is 0 Å². The standard InChI is InChI=1S/C15H18N4O/c1-10-8-11(10)9-17-15(20)14-6-7-19(18-14)13-4-2-12(16)3-5-13/h2-7,10-11H,8-9,16H2,1H3,(H,17,20). The highest BCUT2D eigenvalue weighted by Crippen LogP contribution is 2.36. The van der Waals surface area contributed by atoms with Gasteiger partial charge in [-0.05, 0) is 48.6 Å². The fraction of sp³-hybridized carbons (Fsp3) is 0.333. The first kappa shape index (κ1) is 12.7. The van der Waals surface area contributed by atoms with E-state index in [1.807, 2.05) is 24.3 Å². The van der Waals surface area contributed by atoms with Crippen LogP contribution in [0, 0.1) is 11.8 Å². The molecule has 104 valence electrons. The minimum atomic E-state index is -0.113. The molecule has 0 spiro atoms. The number of aromatic nitrogens is 2. The molecule has 1 saturated carbocycles. The van der Waals surface area contributed by atoms with Crippen LogP contribution in [0.5, 0.6) is 0 Å². The van der Waals surface area contributed by atoms with E-state index in [1.165, 1.54) is 6.42 Å². The molecule has 0 bridgehead atoms. The first-order valence-electron chi connectivity index (χ1n) is 6.83. The van der Waals surface area contributed by atoms with Crippen LogP contribution in [0.25, 0.3) is 5.69 Å². The predicted molar refractivity (Wildman–Crippen MR) is 77.6 cm³/mol. The van der Waals surface area contributed by atoms with Crippen LogP contribution in [0.2, 0.25) is 0 Å². The molecule has 0 saturated heterocycles. The predicted octanol–water partition coefficient (Wildman–Crippen LogP) is 1.84. The molecule has 5 heteroatoms. The zero-order valence-corrected chi connectivity index (χ0v) is 11.4. The zero-order chi connectivity index (χ0) is 14.1. The van der Waals surface area contributed by atoms with Crippen molar-refractivity contribution < 1.29 is 4.79 Å². The third-order valence-corrected chi connectivity index (χ3v) is 3.78. The summed E-state index contributed by atoms with van der Waals surface area (Å²) in [5.74, 6) is 1.26. The Hall–Kier alpha value is -2.30. The number of benzene rings is 1. The Balaban J connectivity index is 1.66. The highest BCUT2D eigenvalue weighted by molar-refractivity contribution is 5.92. The van der Waals surface area contributed by atoms with Crippen molar-refractivity contribution in [3.8, 4) is 5.69 Å². The summed E-state index contributed by atoms with van der Waals surface area (Å²) in [6.07, 6.45) is 2.99. The van der Waals surface area contributed by atoms with Gasteiger partial charge in [-0.2, -0.15) is 5.10 Å². The number of rotatable bonds is 4. The van der Waals surface area contributed by atoms with E-state index in [4.69, 9.17) is 5.73 Å². The first-order chi connectivity index (χ1) is 9.63. The number of carbonyl (C=O) groups is 1. The average molecular weight is 270 g/mol. The molecule has 1 amide bonds. The Morgan fingerprint density at radius 3 is 2.75 bits per heavy atom. The van der Waals surface area contributed by atoms with Crippen molar-refractivity contribution in [2.45, 2.75) is 13.3 Å². The fourth-order valence-corrected chi connectivity index (χ4v) is 2.21. The Kier molecular flexibility index (Phi) is 3.18. The molecular formula is C15H18N4O. The highest BCUT2D eigenvalue weighted by Gasteiger charge is 2.32. The third-order valence-electron chi connectivity index (χ3n) is 3.78. The number of carbonyl (C=O) groups excluding carboxylic acids is 1. The number of hydrogen-bond donors (Lipinski definition) is 2. The zero-order valence-electron chi connectivity index (χ0n) is 11.4. The minimum absolute atomic E-state index is 0.113. The molecule has 1 aliphatic rings. The molecular weight excluding hydrogens is 252 g/mol. The second-order valence-electron chi connectivity index (χ2n) is 5.42. The molecule has 0 radical (unpaired) electrons. The second kappa shape index (κ2) is 5.00.